The lowest BCUT2D eigenvalue weighted by molar-refractivity contribution is -0.132. The molecular weight excluding hydrogens is 368 g/mol. The summed E-state index contributed by atoms with van der Waals surface area (Å²) in [6, 6.07) is 6.05. The molecule has 2 rings (SSSR count). The number of ketones is 1. The molecule has 0 aliphatic heterocycles. The predicted octanol–water partition coefficient (Wildman–Crippen LogP) is 1.96. The summed E-state index contributed by atoms with van der Waals surface area (Å²) in [5.74, 6) is -0.270. The number of carbonyl (C=O) groups excluding carboxylic acids is 2. The van der Waals surface area contributed by atoms with Gasteiger partial charge in [0.2, 0.25) is 5.91 Å². The van der Waals surface area contributed by atoms with Crippen molar-refractivity contribution in [3.8, 4) is 11.4 Å². The normalized spacial score (nSPS) is 13.5. The fraction of sp³-hybridized carbons (Fsp3) is 0.368. The topological polar surface area (TPSA) is 97.1 Å². The van der Waals surface area contributed by atoms with Gasteiger partial charge in [-0.25, -0.2) is 9.67 Å². The van der Waals surface area contributed by atoms with Gasteiger partial charge in [-0.05, 0) is 32.9 Å². The van der Waals surface area contributed by atoms with Crippen LogP contribution in [0.25, 0.3) is 17.6 Å². The summed E-state index contributed by atoms with van der Waals surface area (Å²) in [6.07, 6.45) is 4.28. The highest BCUT2D eigenvalue weighted by Crippen LogP contribution is 2.18. The molecule has 1 unspecified atom stereocenters. The van der Waals surface area contributed by atoms with Gasteiger partial charge in [-0.1, -0.05) is 17.2 Å². The van der Waals surface area contributed by atoms with Crippen LogP contribution < -0.4 is 5.32 Å². The molecule has 0 saturated carbocycles. The van der Waals surface area contributed by atoms with Crippen molar-refractivity contribution in [2.24, 2.45) is 5.41 Å². The Kier molecular flexibility index (Phi) is 6.87. The molecular formula is C19H23ClN4O3. The van der Waals surface area contributed by atoms with E-state index < -0.39 is 17.9 Å². The Balaban J connectivity index is 1.97. The van der Waals surface area contributed by atoms with Gasteiger partial charge in [-0.3, -0.25) is 9.59 Å². The summed E-state index contributed by atoms with van der Waals surface area (Å²) >= 11 is 5.69. The predicted molar refractivity (Wildman–Crippen MR) is 104 cm³/mol. The molecule has 0 spiro atoms. The van der Waals surface area contributed by atoms with Crippen molar-refractivity contribution in [1.82, 2.24) is 20.1 Å². The number of aryl methyl sites for hydroxylation is 2. The number of halogens is 1. The molecule has 144 valence electrons. The molecule has 1 heterocycles. The van der Waals surface area contributed by atoms with E-state index in [1.54, 1.807) is 0 Å². The van der Waals surface area contributed by atoms with Crippen molar-refractivity contribution in [3.05, 3.63) is 41.7 Å². The number of rotatable bonds is 8. The van der Waals surface area contributed by atoms with Crippen LogP contribution in [0, 0.1) is 19.3 Å². The lowest BCUT2D eigenvalue weighted by Crippen LogP contribution is -2.44. The molecule has 1 aromatic carbocycles. The minimum Gasteiger partial charge on any atom is -0.395 e. The van der Waals surface area contributed by atoms with Crippen LogP contribution in [-0.4, -0.2) is 50.6 Å². The Labute approximate surface area is 163 Å². The standard InChI is InChI=1S/C19H23ClN4O3/c1-13-6-14(2)8-15(7-13)17-22-12-24(23-17)5-4-16(26)9-21-18(27)19(3,10-20)11-25/h4-8,12,25H,9-11H2,1-3H3,(H,21,27)/b5-4-. The summed E-state index contributed by atoms with van der Waals surface area (Å²) in [6.45, 7) is 4.95. The highest BCUT2D eigenvalue weighted by molar-refractivity contribution is 6.20. The van der Waals surface area contributed by atoms with Gasteiger partial charge in [0.15, 0.2) is 11.6 Å². The fourth-order valence-electron chi connectivity index (χ4n) is 2.36. The van der Waals surface area contributed by atoms with Crippen LogP contribution in [0.3, 0.4) is 0 Å². The van der Waals surface area contributed by atoms with Gasteiger partial charge in [0, 0.05) is 23.7 Å². The van der Waals surface area contributed by atoms with Crippen molar-refractivity contribution in [2.75, 3.05) is 19.0 Å². The first-order chi connectivity index (χ1) is 12.8. The highest BCUT2D eigenvalue weighted by Gasteiger charge is 2.31. The number of hydrogen-bond acceptors (Lipinski definition) is 5. The third kappa shape index (κ3) is 5.48. The minimum atomic E-state index is -1.11. The Morgan fingerprint density at radius 1 is 1.30 bits per heavy atom. The summed E-state index contributed by atoms with van der Waals surface area (Å²) in [5, 5.41) is 16.0. The maximum absolute atomic E-state index is 12.0. The Morgan fingerprint density at radius 3 is 2.56 bits per heavy atom. The molecule has 1 aromatic heterocycles. The highest BCUT2D eigenvalue weighted by atomic mass is 35.5. The van der Waals surface area contributed by atoms with Crippen molar-refractivity contribution >= 4 is 29.5 Å². The summed E-state index contributed by atoms with van der Waals surface area (Å²) < 4.78 is 1.43. The largest absolute Gasteiger partial charge is 0.395 e. The maximum Gasteiger partial charge on any atom is 0.229 e. The average molecular weight is 391 g/mol. The average Bonchev–Trinajstić information content (AvgIpc) is 3.12. The molecule has 0 radical (unpaired) electrons. The zero-order chi connectivity index (χ0) is 20.0. The molecule has 27 heavy (non-hydrogen) atoms. The summed E-state index contributed by atoms with van der Waals surface area (Å²) in [7, 11) is 0. The summed E-state index contributed by atoms with van der Waals surface area (Å²) in [5.41, 5.74) is 2.03. The number of hydrogen-bond donors (Lipinski definition) is 2. The number of alkyl halides is 1. The second kappa shape index (κ2) is 8.92. The van der Waals surface area contributed by atoms with E-state index in [4.69, 9.17) is 11.6 Å². The zero-order valence-electron chi connectivity index (χ0n) is 15.6. The van der Waals surface area contributed by atoms with Gasteiger partial charge in [0.25, 0.3) is 0 Å². The van der Waals surface area contributed by atoms with Gasteiger partial charge in [0.05, 0.1) is 18.6 Å². The lowest BCUT2D eigenvalue weighted by Gasteiger charge is -2.22. The van der Waals surface area contributed by atoms with E-state index in [1.807, 2.05) is 26.0 Å². The molecule has 1 atom stereocenters. The van der Waals surface area contributed by atoms with E-state index in [9.17, 15) is 14.7 Å². The second-order valence-electron chi connectivity index (χ2n) is 6.74. The third-order valence-corrected chi connectivity index (χ3v) is 4.61. The summed E-state index contributed by atoms with van der Waals surface area (Å²) in [4.78, 5) is 28.1. The smallest absolute Gasteiger partial charge is 0.229 e. The van der Waals surface area contributed by atoms with Crippen LogP contribution in [0.1, 0.15) is 18.1 Å². The number of aromatic nitrogens is 3. The fourth-order valence-corrected chi connectivity index (χ4v) is 2.56. The van der Waals surface area contributed by atoms with E-state index in [0.717, 1.165) is 16.7 Å². The van der Waals surface area contributed by atoms with Gasteiger partial charge in [-0.15, -0.1) is 16.7 Å². The van der Waals surface area contributed by atoms with E-state index in [1.165, 1.54) is 30.2 Å². The van der Waals surface area contributed by atoms with Gasteiger partial charge in [0.1, 0.15) is 6.33 Å². The van der Waals surface area contributed by atoms with Crippen molar-refractivity contribution < 1.29 is 14.7 Å². The maximum atomic E-state index is 12.0. The number of carbonyl (C=O) groups is 2. The Bertz CT molecular complexity index is 836. The molecule has 0 aliphatic carbocycles. The van der Waals surface area contributed by atoms with Gasteiger partial charge < -0.3 is 10.4 Å². The first-order valence-corrected chi connectivity index (χ1v) is 8.97. The van der Waals surface area contributed by atoms with Crippen molar-refractivity contribution in [2.45, 2.75) is 20.8 Å². The number of aliphatic hydroxyl groups is 1. The lowest BCUT2D eigenvalue weighted by atomic mass is 9.93. The number of aliphatic hydroxyl groups excluding tert-OH is 1. The number of amides is 1. The van der Waals surface area contributed by atoms with Crippen molar-refractivity contribution in [3.63, 3.8) is 0 Å². The zero-order valence-corrected chi connectivity index (χ0v) is 16.3. The van der Waals surface area contributed by atoms with Crippen LogP contribution in [0.15, 0.2) is 30.6 Å². The number of nitrogens with zero attached hydrogens (tertiary/aromatic N) is 3. The van der Waals surface area contributed by atoms with Crippen LogP contribution in [0.4, 0.5) is 0 Å². The minimum absolute atomic E-state index is 0.0421. The second-order valence-corrected chi connectivity index (χ2v) is 7.01. The quantitative estimate of drug-likeness (QED) is 0.530. The van der Waals surface area contributed by atoms with Crippen LogP contribution in [0.5, 0.6) is 0 Å². The van der Waals surface area contributed by atoms with Crippen molar-refractivity contribution in [1.29, 1.82) is 0 Å². The molecule has 0 bridgehead atoms. The molecule has 2 N–H and O–H groups in total. The first-order valence-electron chi connectivity index (χ1n) is 8.43. The van der Waals surface area contributed by atoms with Gasteiger partial charge >= 0.3 is 0 Å². The molecule has 0 fully saturated rings. The molecule has 0 aliphatic rings. The number of nitrogens with one attached hydrogen (secondary N) is 1. The molecule has 7 nitrogen and oxygen atoms in total. The Morgan fingerprint density at radius 2 is 1.96 bits per heavy atom. The molecule has 1 amide bonds. The van der Waals surface area contributed by atoms with Crippen LogP contribution in [0.2, 0.25) is 0 Å². The van der Waals surface area contributed by atoms with Crippen LogP contribution in [-0.2, 0) is 9.59 Å². The monoisotopic (exact) mass is 390 g/mol. The Hall–Kier alpha value is -2.51. The van der Waals surface area contributed by atoms with E-state index >= 15 is 0 Å². The third-order valence-electron chi connectivity index (χ3n) is 4.02. The SMILES string of the molecule is Cc1cc(C)cc(-c2ncn(/C=C\C(=O)CNC(=O)C(C)(CO)CCl)n2)c1. The van der Waals surface area contributed by atoms with E-state index in [-0.39, 0.29) is 18.2 Å². The van der Waals surface area contributed by atoms with E-state index in [2.05, 4.69) is 21.5 Å². The number of benzene rings is 1. The van der Waals surface area contributed by atoms with Gasteiger partial charge in [-0.2, -0.15) is 0 Å². The molecule has 8 heteroatoms. The van der Waals surface area contributed by atoms with E-state index in [0.29, 0.717) is 5.82 Å². The first kappa shape index (κ1) is 20.8. The molecule has 2 aromatic rings. The molecule has 0 saturated heterocycles. The van der Waals surface area contributed by atoms with Crippen LogP contribution >= 0.6 is 11.6 Å².